The summed E-state index contributed by atoms with van der Waals surface area (Å²) in [5.41, 5.74) is 0.812. The largest absolute Gasteiger partial charge is 0.489 e. The van der Waals surface area contributed by atoms with E-state index >= 15 is 0 Å². The highest BCUT2D eigenvalue weighted by molar-refractivity contribution is 5.94. The summed E-state index contributed by atoms with van der Waals surface area (Å²) in [5, 5.41) is 0. The lowest BCUT2D eigenvalue weighted by Crippen LogP contribution is -1.99. The van der Waals surface area contributed by atoms with Gasteiger partial charge >= 0.3 is 0 Å². The van der Waals surface area contributed by atoms with E-state index in [9.17, 15) is 13.6 Å². The number of hydrogen-bond acceptors (Lipinski definition) is 2. The van der Waals surface area contributed by atoms with Gasteiger partial charge in [0.25, 0.3) is 0 Å². The minimum Gasteiger partial charge on any atom is -0.489 e. The van der Waals surface area contributed by atoms with Crippen LogP contribution in [0.15, 0.2) is 42.5 Å². The van der Waals surface area contributed by atoms with Crippen molar-refractivity contribution in [2.75, 3.05) is 0 Å². The van der Waals surface area contributed by atoms with Crippen LogP contribution in [0.4, 0.5) is 8.78 Å². The van der Waals surface area contributed by atoms with Crippen LogP contribution < -0.4 is 4.74 Å². The third-order valence-corrected chi connectivity index (χ3v) is 2.64. The Morgan fingerprint density at radius 3 is 2.37 bits per heavy atom. The number of ketones is 1. The molecule has 0 fully saturated rings. The number of halogens is 2. The molecule has 0 saturated heterocycles. The van der Waals surface area contributed by atoms with Crippen LogP contribution in [0, 0.1) is 11.6 Å². The van der Waals surface area contributed by atoms with Crippen LogP contribution in [-0.2, 0) is 6.61 Å². The molecule has 2 aromatic carbocycles. The second-order valence-corrected chi connectivity index (χ2v) is 4.11. The predicted molar refractivity (Wildman–Crippen MR) is 67.1 cm³/mol. The number of benzene rings is 2. The molecule has 2 rings (SSSR count). The zero-order chi connectivity index (χ0) is 13.8. The van der Waals surface area contributed by atoms with Crippen molar-refractivity contribution in [2.45, 2.75) is 13.5 Å². The van der Waals surface area contributed by atoms with Gasteiger partial charge in [0.2, 0.25) is 0 Å². The molecule has 0 unspecified atom stereocenters. The molecule has 0 aliphatic heterocycles. The fourth-order valence-corrected chi connectivity index (χ4v) is 1.62. The molecule has 2 nitrogen and oxygen atoms in total. The number of ether oxygens (including phenoxy) is 1. The third-order valence-electron chi connectivity index (χ3n) is 2.64. The molecule has 0 amide bonds. The number of hydrogen-bond donors (Lipinski definition) is 0. The van der Waals surface area contributed by atoms with Crippen molar-refractivity contribution in [3.05, 3.63) is 65.2 Å². The first-order valence-electron chi connectivity index (χ1n) is 5.74. The lowest BCUT2D eigenvalue weighted by Gasteiger charge is -2.07. The van der Waals surface area contributed by atoms with E-state index in [2.05, 4.69) is 0 Å². The predicted octanol–water partition coefficient (Wildman–Crippen LogP) is 3.75. The maximum Gasteiger partial charge on any atom is 0.162 e. The normalized spacial score (nSPS) is 10.3. The van der Waals surface area contributed by atoms with Crippen molar-refractivity contribution in [1.82, 2.24) is 0 Å². The number of carbonyl (C=O) groups is 1. The van der Waals surface area contributed by atoms with Gasteiger partial charge in [0.1, 0.15) is 24.0 Å². The van der Waals surface area contributed by atoms with Gasteiger partial charge in [-0.3, -0.25) is 4.79 Å². The van der Waals surface area contributed by atoms with Crippen LogP contribution in [0.2, 0.25) is 0 Å². The monoisotopic (exact) mass is 262 g/mol. The van der Waals surface area contributed by atoms with Crippen LogP contribution in [0.1, 0.15) is 22.8 Å². The Hall–Kier alpha value is -2.23. The van der Waals surface area contributed by atoms with E-state index in [0.717, 1.165) is 5.56 Å². The van der Waals surface area contributed by atoms with Crippen LogP contribution in [0.3, 0.4) is 0 Å². The van der Waals surface area contributed by atoms with Gasteiger partial charge in [0.05, 0.1) is 5.56 Å². The molecule has 2 aromatic rings. The first-order chi connectivity index (χ1) is 9.06. The number of carbonyl (C=O) groups excluding carboxylic acids is 1. The molecule has 4 heteroatoms. The Bertz CT molecular complexity index is 592. The third kappa shape index (κ3) is 3.37. The summed E-state index contributed by atoms with van der Waals surface area (Å²) in [6, 6.07) is 9.93. The summed E-state index contributed by atoms with van der Waals surface area (Å²) >= 11 is 0. The van der Waals surface area contributed by atoms with Crippen molar-refractivity contribution >= 4 is 5.78 Å². The summed E-state index contributed by atoms with van der Waals surface area (Å²) < 4.78 is 31.6. The van der Waals surface area contributed by atoms with Crippen LogP contribution in [0.5, 0.6) is 5.75 Å². The summed E-state index contributed by atoms with van der Waals surface area (Å²) in [7, 11) is 0. The smallest absolute Gasteiger partial charge is 0.162 e. The van der Waals surface area contributed by atoms with Crippen LogP contribution in [-0.4, -0.2) is 5.78 Å². The average molecular weight is 262 g/mol. The molecule has 0 aliphatic carbocycles. The van der Waals surface area contributed by atoms with Crippen LogP contribution in [0.25, 0.3) is 0 Å². The summed E-state index contributed by atoms with van der Waals surface area (Å²) in [6.07, 6.45) is 0. The number of Topliss-reactive ketones (excluding diaryl/α,β-unsaturated/α-hetero) is 1. The summed E-state index contributed by atoms with van der Waals surface area (Å²) in [6.45, 7) is 1.51. The molecule has 0 aliphatic rings. The molecule has 0 saturated carbocycles. The molecule has 0 heterocycles. The van der Waals surface area contributed by atoms with E-state index < -0.39 is 5.82 Å². The molecule has 0 aromatic heterocycles. The highest BCUT2D eigenvalue weighted by atomic mass is 19.1. The van der Waals surface area contributed by atoms with Crippen LogP contribution >= 0.6 is 0 Å². The first kappa shape index (κ1) is 13.2. The second-order valence-electron chi connectivity index (χ2n) is 4.11. The number of rotatable bonds is 4. The lowest BCUT2D eigenvalue weighted by atomic mass is 10.1. The topological polar surface area (TPSA) is 26.3 Å². The van der Waals surface area contributed by atoms with E-state index in [-0.39, 0.29) is 23.8 Å². The summed E-state index contributed by atoms with van der Waals surface area (Å²) in [4.78, 5) is 11.1. The molecular formula is C15H12F2O2. The first-order valence-corrected chi connectivity index (χ1v) is 5.74. The molecule has 0 N–H and O–H groups in total. The highest BCUT2D eigenvalue weighted by Crippen LogP contribution is 2.18. The minimum atomic E-state index is -0.607. The van der Waals surface area contributed by atoms with Crippen molar-refractivity contribution in [1.29, 1.82) is 0 Å². The molecule has 0 radical (unpaired) electrons. The van der Waals surface area contributed by atoms with E-state index in [4.69, 9.17) is 4.74 Å². The van der Waals surface area contributed by atoms with Crippen molar-refractivity contribution in [3.8, 4) is 5.75 Å². The molecule has 0 spiro atoms. The highest BCUT2D eigenvalue weighted by Gasteiger charge is 2.08. The van der Waals surface area contributed by atoms with Gasteiger partial charge in [-0.2, -0.15) is 0 Å². The summed E-state index contributed by atoms with van der Waals surface area (Å²) in [5.74, 6) is -0.931. The molecule has 98 valence electrons. The molecule has 0 atom stereocenters. The van der Waals surface area contributed by atoms with E-state index in [1.54, 1.807) is 12.1 Å². The molecular weight excluding hydrogens is 250 g/mol. The standard InChI is InChI=1S/C15H12F2O2/c1-10(18)14-7-6-13(8-15(14)17)19-9-11-2-4-12(16)5-3-11/h2-8H,9H2,1H3. The Morgan fingerprint density at radius 2 is 1.79 bits per heavy atom. The Balaban J connectivity index is 2.06. The van der Waals surface area contributed by atoms with Gasteiger partial charge in [-0.1, -0.05) is 12.1 Å². The Kier molecular flexibility index (Phi) is 3.90. The van der Waals surface area contributed by atoms with E-state index in [1.165, 1.54) is 37.3 Å². The fraction of sp³-hybridized carbons (Fsp3) is 0.133. The molecule has 0 bridgehead atoms. The maximum atomic E-state index is 13.5. The zero-order valence-corrected chi connectivity index (χ0v) is 10.3. The van der Waals surface area contributed by atoms with E-state index in [1.807, 2.05) is 0 Å². The van der Waals surface area contributed by atoms with Gasteiger partial charge in [-0.15, -0.1) is 0 Å². The van der Waals surface area contributed by atoms with Gasteiger partial charge in [0.15, 0.2) is 5.78 Å². The van der Waals surface area contributed by atoms with Gasteiger partial charge in [-0.05, 0) is 36.8 Å². The Morgan fingerprint density at radius 1 is 1.11 bits per heavy atom. The van der Waals surface area contributed by atoms with Gasteiger partial charge in [-0.25, -0.2) is 8.78 Å². The molecule has 19 heavy (non-hydrogen) atoms. The second kappa shape index (κ2) is 5.61. The van der Waals surface area contributed by atoms with Crippen molar-refractivity contribution in [2.24, 2.45) is 0 Å². The SMILES string of the molecule is CC(=O)c1ccc(OCc2ccc(F)cc2)cc1F. The maximum absolute atomic E-state index is 13.5. The zero-order valence-electron chi connectivity index (χ0n) is 10.3. The van der Waals surface area contributed by atoms with Crippen molar-refractivity contribution < 1.29 is 18.3 Å². The lowest BCUT2D eigenvalue weighted by molar-refractivity contribution is 0.101. The quantitative estimate of drug-likeness (QED) is 0.784. The minimum absolute atomic E-state index is 0.0362. The fourth-order valence-electron chi connectivity index (χ4n) is 1.62. The van der Waals surface area contributed by atoms with Gasteiger partial charge in [0, 0.05) is 6.07 Å². The van der Waals surface area contributed by atoms with E-state index in [0.29, 0.717) is 5.75 Å². The van der Waals surface area contributed by atoms with Gasteiger partial charge < -0.3 is 4.74 Å². The Labute approximate surface area is 109 Å². The average Bonchev–Trinajstić information content (AvgIpc) is 2.37. The van der Waals surface area contributed by atoms with Crippen molar-refractivity contribution in [3.63, 3.8) is 0 Å².